The van der Waals surface area contributed by atoms with Gasteiger partial charge in [0.25, 0.3) is 0 Å². The second kappa shape index (κ2) is 3.86. The van der Waals surface area contributed by atoms with Gasteiger partial charge in [0.15, 0.2) is 5.58 Å². The molecule has 3 aromatic rings. The van der Waals surface area contributed by atoms with E-state index >= 15 is 0 Å². The highest BCUT2D eigenvalue weighted by Crippen LogP contribution is 2.38. The van der Waals surface area contributed by atoms with Crippen molar-refractivity contribution >= 4 is 69.7 Å². The highest BCUT2D eigenvalue weighted by Gasteiger charge is 2.12. The van der Waals surface area contributed by atoms with E-state index in [4.69, 9.17) is 4.42 Å². The van der Waals surface area contributed by atoms with Crippen molar-refractivity contribution < 1.29 is 4.42 Å². The fourth-order valence-corrected chi connectivity index (χ4v) is 3.08. The number of fused-ring (bicyclic) bond motifs is 3. The van der Waals surface area contributed by atoms with Gasteiger partial charge in [-0.1, -0.05) is 31.9 Å². The summed E-state index contributed by atoms with van der Waals surface area (Å²) in [5, 5.41) is 2.21. The lowest BCUT2D eigenvalue weighted by atomic mass is 10.1. The lowest BCUT2D eigenvalue weighted by Crippen LogP contribution is -1.71. The van der Waals surface area contributed by atoms with Gasteiger partial charge in [0.1, 0.15) is 5.58 Å². The predicted molar refractivity (Wildman–Crippen MR) is 76.8 cm³/mol. The van der Waals surface area contributed by atoms with E-state index in [2.05, 4.69) is 53.9 Å². The minimum atomic E-state index is 0.877. The number of hydrogen-bond acceptors (Lipinski definition) is 1. The highest BCUT2D eigenvalue weighted by atomic mass is 79.9. The minimum Gasteiger partial charge on any atom is -0.455 e. The average Bonchev–Trinajstić information content (AvgIpc) is 2.63. The zero-order valence-corrected chi connectivity index (χ0v) is 12.7. The van der Waals surface area contributed by atoms with E-state index < -0.39 is 0 Å². The molecule has 0 aliphatic carbocycles. The van der Waals surface area contributed by atoms with Crippen molar-refractivity contribution in [1.82, 2.24) is 0 Å². The molecule has 1 aromatic heterocycles. The molecule has 3 rings (SSSR count). The molecule has 0 aliphatic rings. The van der Waals surface area contributed by atoms with Crippen molar-refractivity contribution in [2.75, 3.05) is 0 Å². The van der Waals surface area contributed by atoms with Crippen LogP contribution in [0.1, 0.15) is 0 Å². The molecule has 4 heteroatoms. The van der Waals surface area contributed by atoms with E-state index in [1.54, 1.807) is 0 Å². The fourth-order valence-electron chi connectivity index (χ4n) is 1.78. The van der Waals surface area contributed by atoms with E-state index in [0.717, 1.165) is 35.4 Å². The summed E-state index contributed by atoms with van der Waals surface area (Å²) in [4.78, 5) is 0. The molecule has 0 unspecified atom stereocenters. The Hall–Kier alpha value is -0.320. The lowest BCUT2D eigenvalue weighted by molar-refractivity contribution is 0.666. The van der Waals surface area contributed by atoms with Crippen molar-refractivity contribution in [2.45, 2.75) is 0 Å². The molecule has 0 fully saturated rings. The van der Waals surface area contributed by atoms with Crippen LogP contribution in [0.3, 0.4) is 0 Å². The van der Waals surface area contributed by atoms with Crippen LogP contribution in [0.2, 0.25) is 0 Å². The summed E-state index contributed by atoms with van der Waals surface area (Å²) in [6, 6.07) is 10.0. The first kappa shape index (κ1) is 10.8. The van der Waals surface area contributed by atoms with Crippen molar-refractivity contribution in [3.05, 3.63) is 43.7 Å². The van der Waals surface area contributed by atoms with Crippen molar-refractivity contribution in [2.24, 2.45) is 0 Å². The van der Waals surface area contributed by atoms with Crippen LogP contribution >= 0.6 is 47.8 Å². The van der Waals surface area contributed by atoms with E-state index in [1.807, 2.05) is 24.3 Å². The predicted octanol–water partition coefficient (Wildman–Crippen LogP) is 5.87. The van der Waals surface area contributed by atoms with Gasteiger partial charge in [0.05, 0.1) is 4.47 Å². The Morgan fingerprint density at radius 3 is 2.44 bits per heavy atom. The number of halogens is 3. The average molecular weight is 405 g/mol. The van der Waals surface area contributed by atoms with Crippen LogP contribution in [-0.2, 0) is 0 Å². The molecule has 2 aromatic carbocycles. The molecular formula is C12H5Br3O. The third-order valence-corrected chi connectivity index (χ3v) is 4.26. The van der Waals surface area contributed by atoms with Crippen LogP contribution in [0.15, 0.2) is 48.2 Å². The third kappa shape index (κ3) is 1.55. The van der Waals surface area contributed by atoms with Crippen molar-refractivity contribution in [3.8, 4) is 0 Å². The first-order valence-electron chi connectivity index (χ1n) is 4.62. The molecule has 0 N–H and O–H groups in total. The standard InChI is InChI=1S/C12H5Br3O/c13-6-1-4-10-7(5-6)11-8(14)2-3-9(15)12(11)16-10/h1-5H. The SMILES string of the molecule is Brc1ccc2oc3c(Br)ccc(Br)c3c2c1. The summed E-state index contributed by atoms with van der Waals surface area (Å²) >= 11 is 10.5. The van der Waals surface area contributed by atoms with Crippen LogP contribution in [-0.4, -0.2) is 0 Å². The molecule has 80 valence electrons. The molecule has 16 heavy (non-hydrogen) atoms. The van der Waals surface area contributed by atoms with Crippen LogP contribution in [0.5, 0.6) is 0 Å². The Labute approximate surface area is 117 Å². The topological polar surface area (TPSA) is 13.1 Å². The van der Waals surface area contributed by atoms with Gasteiger partial charge in [0, 0.05) is 19.7 Å². The fraction of sp³-hybridized carbons (Fsp3) is 0. The van der Waals surface area contributed by atoms with Crippen LogP contribution in [0.4, 0.5) is 0 Å². The molecule has 0 aliphatic heterocycles. The summed E-state index contributed by atoms with van der Waals surface area (Å²) in [5.74, 6) is 0. The summed E-state index contributed by atoms with van der Waals surface area (Å²) in [7, 11) is 0. The van der Waals surface area contributed by atoms with Gasteiger partial charge in [0.2, 0.25) is 0 Å². The van der Waals surface area contributed by atoms with Gasteiger partial charge < -0.3 is 4.42 Å². The van der Waals surface area contributed by atoms with E-state index in [-0.39, 0.29) is 0 Å². The Balaban J connectivity index is 2.62. The summed E-state index contributed by atoms with van der Waals surface area (Å²) in [6.07, 6.45) is 0. The van der Waals surface area contributed by atoms with E-state index in [0.29, 0.717) is 0 Å². The first-order chi connectivity index (χ1) is 7.66. The number of benzene rings is 2. The largest absolute Gasteiger partial charge is 0.455 e. The molecule has 0 saturated heterocycles. The van der Waals surface area contributed by atoms with Gasteiger partial charge in [-0.25, -0.2) is 0 Å². The first-order valence-corrected chi connectivity index (χ1v) is 7.00. The normalized spacial score (nSPS) is 11.4. The van der Waals surface area contributed by atoms with Crippen LogP contribution in [0, 0.1) is 0 Å². The molecule has 0 bridgehead atoms. The zero-order chi connectivity index (χ0) is 11.3. The summed E-state index contributed by atoms with van der Waals surface area (Å²) < 4.78 is 8.89. The Bertz CT molecular complexity index is 700. The summed E-state index contributed by atoms with van der Waals surface area (Å²) in [6.45, 7) is 0. The Morgan fingerprint density at radius 1 is 0.875 bits per heavy atom. The third-order valence-electron chi connectivity index (χ3n) is 2.48. The van der Waals surface area contributed by atoms with Crippen molar-refractivity contribution in [1.29, 1.82) is 0 Å². The number of hydrogen-bond donors (Lipinski definition) is 0. The van der Waals surface area contributed by atoms with Crippen molar-refractivity contribution in [3.63, 3.8) is 0 Å². The maximum Gasteiger partial charge on any atom is 0.150 e. The number of rotatable bonds is 0. The quantitative estimate of drug-likeness (QED) is 0.456. The molecule has 0 spiro atoms. The monoisotopic (exact) mass is 402 g/mol. The zero-order valence-electron chi connectivity index (χ0n) is 7.93. The van der Waals surface area contributed by atoms with Gasteiger partial charge in [-0.2, -0.15) is 0 Å². The summed E-state index contributed by atoms with van der Waals surface area (Å²) in [5.41, 5.74) is 1.77. The molecule has 1 heterocycles. The Morgan fingerprint density at radius 2 is 1.62 bits per heavy atom. The van der Waals surface area contributed by atoms with E-state index in [1.165, 1.54) is 0 Å². The molecule has 1 nitrogen and oxygen atoms in total. The minimum absolute atomic E-state index is 0.877. The maximum absolute atomic E-state index is 5.82. The maximum atomic E-state index is 5.82. The molecule has 0 atom stereocenters. The molecular weight excluding hydrogens is 400 g/mol. The smallest absolute Gasteiger partial charge is 0.150 e. The second-order valence-electron chi connectivity index (χ2n) is 3.48. The van der Waals surface area contributed by atoms with E-state index in [9.17, 15) is 0 Å². The van der Waals surface area contributed by atoms with Crippen LogP contribution in [0.25, 0.3) is 21.9 Å². The Kier molecular flexibility index (Phi) is 2.61. The molecule has 0 amide bonds. The second-order valence-corrected chi connectivity index (χ2v) is 6.10. The highest BCUT2D eigenvalue weighted by molar-refractivity contribution is 9.11. The van der Waals surface area contributed by atoms with Gasteiger partial charge in [-0.3, -0.25) is 0 Å². The van der Waals surface area contributed by atoms with Crippen LogP contribution < -0.4 is 0 Å². The molecule has 0 radical (unpaired) electrons. The van der Waals surface area contributed by atoms with Gasteiger partial charge in [-0.15, -0.1) is 0 Å². The van der Waals surface area contributed by atoms with Gasteiger partial charge >= 0.3 is 0 Å². The van der Waals surface area contributed by atoms with Gasteiger partial charge in [-0.05, 0) is 46.3 Å². The number of furan rings is 1. The molecule has 0 saturated carbocycles. The lowest BCUT2D eigenvalue weighted by Gasteiger charge is -1.95.